The number of hydrogen-bond acceptors (Lipinski definition) is 2. The van der Waals surface area contributed by atoms with Crippen LogP contribution in [0.4, 0.5) is 0 Å². The minimum atomic E-state index is 0.861. The first-order chi connectivity index (χ1) is 7.81. The van der Waals surface area contributed by atoms with E-state index in [0.717, 1.165) is 13.7 Å². The van der Waals surface area contributed by atoms with Crippen molar-refractivity contribution in [2.75, 3.05) is 13.7 Å². The second-order valence-corrected chi connectivity index (χ2v) is 3.50. The second-order valence-electron chi connectivity index (χ2n) is 3.50. The summed E-state index contributed by atoms with van der Waals surface area (Å²) >= 11 is 0. The summed E-state index contributed by atoms with van der Waals surface area (Å²) in [4.78, 5) is 0. The zero-order chi connectivity index (χ0) is 12.6. The van der Waals surface area contributed by atoms with Crippen molar-refractivity contribution in [2.24, 2.45) is 5.73 Å². The lowest BCUT2D eigenvalue weighted by atomic mass is 10.2. The van der Waals surface area contributed by atoms with Gasteiger partial charge in [0, 0.05) is 7.11 Å². The second kappa shape index (κ2) is 16.6. The van der Waals surface area contributed by atoms with Gasteiger partial charge in [0.15, 0.2) is 0 Å². The third kappa shape index (κ3) is 15.6. The Balaban J connectivity index is 0. The van der Waals surface area contributed by atoms with Crippen molar-refractivity contribution in [2.45, 2.75) is 39.5 Å². The summed E-state index contributed by atoms with van der Waals surface area (Å²) < 4.78 is 0. The molecule has 0 heterocycles. The summed E-state index contributed by atoms with van der Waals surface area (Å²) in [5.41, 5.74) is 6.59. The molecular weight excluding hydrogens is 198 g/mol. The third-order valence-electron chi connectivity index (χ3n) is 2.00. The lowest BCUT2D eigenvalue weighted by Crippen LogP contribution is -1.97. The van der Waals surface area contributed by atoms with Crippen LogP contribution in [0.25, 0.3) is 0 Å². The van der Waals surface area contributed by atoms with Crippen LogP contribution in [0.3, 0.4) is 0 Å². The Morgan fingerprint density at radius 3 is 1.88 bits per heavy atom. The molecule has 0 saturated carbocycles. The Morgan fingerprint density at radius 2 is 1.56 bits per heavy atom. The van der Waals surface area contributed by atoms with Crippen molar-refractivity contribution in [1.29, 1.82) is 0 Å². The van der Waals surface area contributed by atoms with Crippen LogP contribution in [0.5, 0.6) is 0 Å². The molecule has 2 nitrogen and oxygen atoms in total. The number of nitrogens with two attached hydrogens (primary N) is 1. The van der Waals surface area contributed by atoms with Crippen LogP contribution in [0.15, 0.2) is 30.3 Å². The third-order valence-corrected chi connectivity index (χ3v) is 2.00. The molecule has 0 aliphatic heterocycles. The van der Waals surface area contributed by atoms with E-state index < -0.39 is 0 Å². The monoisotopic (exact) mass is 225 g/mol. The van der Waals surface area contributed by atoms with Gasteiger partial charge < -0.3 is 10.8 Å². The number of aliphatic hydroxyl groups is 1. The number of aliphatic hydroxyl groups excluding tert-OH is 1. The zero-order valence-corrected chi connectivity index (χ0v) is 10.9. The molecule has 0 radical (unpaired) electrons. The Kier molecular flexibility index (Phi) is 18.2. The van der Waals surface area contributed by atoms with E-state index in [2.05, 4.69) is 26.0 Å². The van der Waals surface area contributed by atoms with Crippen LogP contribution in [0.1, 0.15) is 38.2 Å². The fourth-order valence-corrected chi connectivity index (χ4v) is 1.11. The molecule has 0 amide bonds. The van der Waals surface area contributed by atoms with Gasteiger partial charge in [-0.25, -0.2) is 0 Å². The normalized spacial score (nSPS) is 8.31. The van der Waals surface area contributed by atoms with Gasteiger partial charge in [0.05, 0.1) is 0 Å². The van der Waals surface area contributed by atoms with Crippen LogP contribution < -0.4 is 5.73 Å². The standard InChI is InChI=1S/C7H8.C6H15N.CH4O/c1-7-5-3-2-4-6-7;1-2-3-4-5-6-7;1-2/h2-6H,1H3;2-7H2,1H3;2H,1H3. The molecule has 0 unspecified atom stereocenters. The minimum Gasteiger partial charge on any atom is -0.400 e. The van der Waals surface area contributed by atoms with E-state index >= 15 is 0 Å². The van der Waals surface area contributed by atoms with Gasteiger partial charge in [0.1, 0.15) is 0 Å². The molecule has 1 aromatic carbocycles. The molecule has 0 aliphatic carbocycles. The summed E-state index contributed by atoms with van der Waals surface area (Å²) in [7, 11) is 1.00. The summed E-state index contributed by atoms with van der Waals surface area (Å²) in [6, 6.07) is 10.3. The Hall–Kier alpha value is -0.860. The van der Waals surface area contributed by atoms with Crippen LogP contribution >= 0.6 is 0 Å². The Labute approximate surface area is 100 Å². The minimum absolute atomic E-state index is 0.861. The fraction of sp³-hybridized carbons (Fsp3) is 0.571. The number of aryl methyl sites for hydroxylation is 1. The highest BCUT2D eigenvalue weighted by atomic mass is 16.2. The van der Waals surface area contributed by atoms with E-state index in [9.17, 15) is 0 Å². The quantitative estimate of drug-likeness (QED) is 0.773. The molecule has 16 heavy (non-hydrogen) atoms. The largest absolute Gasteiger partial charge is 0.400 e. The van der Waals surface area contributed by atoms with Gasteiger partial charge in [-0.2, -0.15) is 0 Å². The van der Waals surface area contributed by atoms with Crippen molar-refractivity contribution in [3.8, 4) is 0 Å². The first kappa shape index (κ1) is 17.5. The molecule has 0 aromatic heterocycles. The maximum Gasteiger partial charge on any atom is 0.0319 e. The van der Waals surface area contributed by atoms with E-state index in [1.165, 1.54) is 31.2 Å². The molecule has 0 atom stereocenters. The van der Waals surface area contributed by atoms with Crippen molar-refractivity contribution in [3.63, 3.8) is 0 Å². The summed E-state index contributed by atoms with van der Waals surface area (Å²) in [5, 5.41) is 7.00. The lowest BCUT2D eigenvalue weighted by molar-refractivity contribution is 0.399. The average Bonchev–Trinajstić information content (AvgIpc) is 2.34. The fourth-order valence-electron chi connectivity index (χ4n) is 1.11. The van der Waals surface area contributed by atoms with E-state index in [1.54, 1.807) is 0 Å². The highest BCUT2D eigenvalue weighted by Crippen LogP contribution is 1.95. The molecular formula is C14H27NO. The first-order valence-corrected chi connectivity index (χ1v) is 5.97. The molecule has 1 aromatic rings. The molecule has 1 rings (SSSR count). The maximum absolute atomic E-state index is 7.00. The van der Waals surface area contributed by atoms with Crippen molar-refractivity contribution < 1.29 is 5.11 Å². The van der Waals surface area contributed by atoms with Crippen molar-refractivity contribution in [3.05, 3.63) is 35.9 Å². The predicted molar refractivity (Wildman–Crippen MR) is 72.5 cm³/mol. The van der Waals surface area contributed by atoms with Gasteiger partial charge in [-0.05, 0) is 19.9 Å². The Morgan fingerprint density at radius 1 is 1.00 bits per heavy atom. The molecule has 0 aliphatic rings. The zero-order valence-electron chi connectivity index (χ0n) is 10.9. The van der Waals surface area contributed by atoms with E-state index in [0.29, 0.717) is 0 Å². The van der Waals surface area contributed by atoms with Crippen molar-refractivity contribution >= 4 is 0 Å². The number of hydrogen-bond donors (Lipinski definition) is 2. The van der Waals surface area contributed by atoms with Gasteiger partial charge in [0.2, 0.25) is 0 Å². The maximum atomic E-state index is 7.00. The smallest absolute Gasteiger partial charge is 0.0319 e. The Bertz CT molecular complexity index is 195. The van der Waals surface area contributed by atoms with Crippen LogP contribution in [-0.2, 0) is 0 Å². The van der Waals surface area contributed by atoms with Gasteiger partial charge in [-0.15, -0.1) is 0 Å². The topological polar surface area (TPSA) is 46.2 Å². The van der Waals surface area contributed by atoms with Crippen LogP contribution in [0.2, 0.25) is 0 Å². The SMILES string of the molecule is CCCCCCN.CO.Cc1ccccc1. The molecule has 0 bridgehead atoms. The molecule has 0 fully saturated rings. The van der Waals surface area contributed by atoms with E-state index in [4.69, 9.17) is 10.8 Å². The van der Waals surface area contributed by atoms with Gasteiger partial charge in [-0.3, -0.25) is 0 Å². The van der Waals surface area contributed by atoms with E-state index in [-0.39, 0.29) is 0 Å². The first-order valence-electron chi connectivity index (χ1n) is 5.97. The summed E-state index contributed by atoms with van der Waals surface area (Å²) in [6.45, 7) is 5.15. The van der Waals surface area contributed by atoms with Crippen molar-refractivity contribution in [1.82, 2.24) is 0 Å². The van der Waals surface area contributed by atoms with Crippen LogP contribution in [0, 0.1) is 6.92 Å². The molecule has 0 spiro atoms. The van der Waals surface area contributed by atoms with Crippen LogP contribution in [-0.4, -0.2) is 18.8 Å². The highest BCUT2D eigenvalue weighted by Gasteiger charge is 1.80. The summed E-state index contributed by atoms with van der Waals surface area (Å²) in [6.07, 6.45) is 5.16. The highest BCUT2D eigenvalue weighted by molar-refractivity contribution is 5.11. The number of benzene rings is 1. The number of rotatable bonds is 4. The molecule has 0 saturated heterocycles. The van der Waals surface area contributed by atoms with Gasteiger partial charge >= 0.3 is 0 Å². The molecule has 3 N–H and O–H groups in total. The number of unbranched alkanes of at least 4 members (excludes halogenated alkanes) is 3. The van der Waals surface area contributed by atoms with E-state index in [1.807, 2.05) is 18.2 Å². The summed E-state index contributed by atoms with van der Waals surface area (Å²) in [5.74, 6) is 0. The molecule has 2 heteroatoms. The predicted octanol–water partition coefficient (Wildman–Crippen LogP) is 3.13. The van der Waals surface area contributed by atoms with Gasteiger partial charge in [0.25, 0.3) is 0 Å². The van der Waals surface area contributed by atoms with Gasteiger partial charge in [-0.1, -0.05) is 62.1 Å². The lowest BCUT2D eigenvalue weighted by Gasteiger charge is -1.90. The molecule has 94 valence electrons. The average molecular weight is 225 g/mol.